The molecule has 0 heterocycles. The number of hydrogen-bond acceptors (Lipinski definition) is 3. The van der Waals surface area contributed by atoms with Gasteiger partial charge in [-0.25, -0.2) is 0 Å². The predicted molar refractivity (Wildman–Crippen MR) is 85.4 cm³/mol. The van der Waals surface area contributed by atoms with Crippen molar-refractivity contribution in [2.45, 2.75) is 6.92 Å². The van der Waals surface area contributed by atoms with Crippen LogP contribution in [0.2, 0.25) is 0 Å². The lowest BCUT2D eigenvalue weighted by atomic mass is 10.2. The topological polar surface area (TPSA) is 45.7 Å². The third-order valence-electron chi connectivity index (χ3n) is 1.95. The number of benzene rings is 1. The van der Waals surface area contributed by atoms with Crippen LogP contribution in [0.25, 0.3) is 0 Å². The van der Waals surface area contributed by atoms with Crippen molar-refractivity contribution in [1.82, 2.24) is 10.7 Å². The predicted octanol–water partition coefficient (Wildman–Crippen LogP) is 3.04. The molecule has 0 amide bonds. The quantitative estimate of drug-likeness (QED) is 0.468. The van der Waals surface area contributed by atoms with E-state index in [4.69, 9.17) is 17.0 Å². The Morgan fingerprint density at radius 1 is 1.50 bits per heavy atom. The molecule has 0 radical (unpaired) electrons. The van der Waals surface area contributed by atoms with Gasteiger partial charge >= 0.3 is 0 Å². The highest BCUT2D eigenvalue weighted by atomic mass is 79.9. The van der Waals surface area contributed by atoms with Crippen LogP contribution in [0.5, 0.6) is 5.75 Å². The van der Waals surface area contributed by atoms with Crippen molar-refractivity contribution in [3.63, 3.8) is 0 Å². The van der Waals surface area contributed by atoms with Gasteiger partial charge in [0, 0.05) is 16.6 Å². The van der Waals surface area contributed by atoms with E-state index in [1.165, 1.54) is 0 Å². The molecule has 0 atom stereocenters. The van der Waals surface area contributed by atoms with Crippen LogP contribution in [0.4, 0.5) is 0 Å². The molecule has 0 aliphatic rings. The summed E-state index contributed by atoms with van der Waals surface area (Å²) in [6, 6.07) is 3.82. The van der Waals surface area contributed by atoms with Gasteiger partial charge in [0.05, 0.1) is 17.8 Å². The summed E-state index contributed by atoms with van der Waals surface area (Å²) in [5.41, 5.74) is 3.56. The Balaban J connectivity index is 2.83. The zero-order valence-electron chi connectivity index (χ0n) is 9.96. The van der Waals surface area contributed by atoms with E-state index in [1.807, 2.05) is 19.1 Å². The zero-order valence-corrected chi connectivity index (χ0v) is 13.9. The van der Waals surface area contributed by atoms with Gasteiger partial charge in [-0.05, 0) is 47.2 Å². The van der Waals surface area contributed by atoms with Crippen molar-refractivity contribution >= 4 is 55.4 Å². The van der Waals surface area contributed by atoms with Gasteiger partial charge in [-0.1, -0.05) is 15.9 Å². The summed E-state index contributed by atoms with van der Waals surface area (Å²) in [6.07, 6.45) is 1.65. The number of thiocarbonyl (C=S) groups is 1. The lowest BCUT2D eigenvalue weighted by Crippen LogP contribution is -2.31. The van der Waals surface area contributed by atoms with Gasteiger partial charge in [-0.15, -0.1) is 0 Å². The van der Waals surface area contributed by atoms with Crippen LogP contribution in [0.3, 0.4) is 0 Å². The summed E-state index contributed by atoms with van der Waals surface area (Å²) in [7, 11) is 1.61. The summed E-state index contributed by atoms with van der Waals surface area (Å²) in [4.78, 5) is 0. The molecule has 0 unspecified atom stereocenters. The van der Waals surface area contributed by atoms with Crippen LogP contribution < -0.4 is 15.5 Å². The Hall–Kier alpha value is -0.660. The third kappa shape index (κ3) is 4.55. The van der Waals surface area contributed by atoms with Crippen molar-refractivity contribution in [3.05, 3.63) is 26.6 Å². The van der Waals surface area contributed by atoms with E-state index in [0.29, 0.717) is 5.11 Å². The SMILES string of the molecule is CCNC(=S)N/N=C/c1cc(Br)cc(Br)c1OC. The summed E-state index contributed by atoms with van der Waals surface area (Å²) < 4.78 is 7.09. The monoisotopic (exact) mass is 393 g/mol. The minimum atomic E-state index is 0.488. The molecule has 0 fully saturated rings. The van der Waals surface area contributed by atoms with Crippen molar-refractivity contribution in [1.29, 1.82) is 0 Å². The van der Waals surface area contributed by atoms with Crippen molar-refractivity contribution in [2.75, 3.05) is 13.7 Å². The highest BCUT2D eigenvalue weighted by Crippen LogP contribution is 2.31. The van der Waals surface area contributed by atoms with Gasteiger partial charge in [0.2, 0.25) is 0 Å². The highest BCUT2D eigenvalue weighted by Gasteiger charge is 2.07. The first-order valence-electron chi connectivity index (χ1n) is 5.18. The second kappa shape index (κ2) is 7.70. The van der Waals surface area contributed by atoms with E-state index in [2.05, 4.69) is 47.7 Å². The van der Waals surface area contributed by atoms with Gasteiger partial charge in [0.25, 0.3) is 0 Å². The van der Waals surface area contributed by atoms with Gasteiger partial charge in [0.1, 0.15) is 5.75 Å². The molecule has 4 nitrogen and oxygen atoms in total. The molecular weight excluding hydrogens is 382 g/mol. The standard InChI is InChI=1S/C11H13Br2N3OS/c1-3-14-11(18)16-15-6-7-4-8(12)5-9(13)10(7)17-2/h4-6H,3H2,1-2H3,(H2,14,16,18)/b15-6+. The first-order chi connectivity index (χ1) is 8.58. The average Bonchev–Trinajstić information content (AvgIpc) is 2.28. The molecule has 2 N–H and O–H groups in total. The molecule has 0 aromatic heterocycles. The fourth-order valence-corrected chi connectivity index (χ4v) is 2.87. The van der Waals surface area contributed by atoms with Gasteiger partial charge in [-0.3, -0.25) is 5.43 Å². The summed E-state index contributed by atoms with van der Waals surface area (Å²) in [6.45, 7) is 2.72. The second-order valence-corrected chi connectivity index (χ2v) is 5.42. The molecule has 18 heavy (non-hydrogen) atoms. The number of halogens is 2. The normalized spacial score (nSPS) is 10.4. The number of nitrogens with one attached hydrogen (secondary N) is 2. The summed E-state index contributed by atoms with van der Waals surface area (Å²) >= 11 is 11.8. The molecule has 0 aliphatic heterocycles. The lowest BCUT2D eigenvalue weighted by molar-refractivity contribution is 0.411. The second-order valence-electron chi connectivity index (χ2n) is 3.24. The zero-order chi connectivity index (χ0) is 13.5. The van der Waals surface area contributed by atoms with Crippen LogP contribution in [0.1, 0.15) is 12.5 Å². The number of nitrogens with zero attached hydrogens (tertiary/aromatic N) is 1. The molecular formula is C11H13Br2N3OS. The van der Waals surface area contributed by atoms with Crippen LogP contribution in [-0.2, 0) is 0 Å². The minimum Gasteiger partial charge on any atom is -0.495 e. The van der Waals surface area contributed by atoms with Crippen molar-refractivity contribution < 1.29 is 4.74 Å². The lowest BCUT2D eigenvalue weighted by Gasteiger charge is -2.08. The van der Waals surface area contributed by atoms with Crippen LogP contribution in [-0.4, -0.2) is 25.0 Å². The maximum Gasteiger partial charge on any atom is 0.186 e. The van der Waals surface area contributed by atoms with Crippen LogP contribution >= 0.6 is 44.1 Å². The smallest absolute Gasteiger partial charge is 0.186 e. The van der Waals surface area contributed by atoms with E-state index in [9.17, 15) is 0 Å². The highest BCUT2D eigenvalue weighted by molar-refractivity contribution is 9.11. The molecule has 0 saturated heterocycles. The fourth-order valence-electron chi connectivity index (χ4n) is 1.25. The van der Waals surface area contributed by atoms with Gasteiger partial charge in [0.15, 0.2) is 5.11 Å². The fraction of sp³-hybridized carbons (Fsp3) is 0.273. The van der Waals surface area contributed by atoms with Crippen molar-refractivity contribution in [3.8, 4) is 5.75 Å². The maximum absolute atomic E-state index is 5.30. The molecule has 98 valence electrons. The summed E-state index contributed by atoms with van der Waals surface area (Å²) in [5, 5.41) is 7.48. The Morgan fingerprint density at radius 2 is 2.22 bits per heavy atom. The van der Waals surface area contributed by atoms with Gasteiger partial charge in [-0.2, -0.15) is 5.10 Å². The maximum atomic E-state index is 5.30. The number of hydrogen-bond donors (Lipinski definition) is 2. The molecule has 1 rings (SSSR count). The van der Waals surface area contributed by atoms with Crippen molar-refractivity contribution in [2.24, 2.45) is 5.10 Å². The largest absolute Gasteiger partial charge is 0.495 e. The van der Waals surface area contributed by atoms with Crippen LogP contribution in [0, 0.1) is 0 Å². The Bertz CT molecular complexity index is 466. The average molecular weight is 395 g/mol. The molecule has 7 heteroatoms. The molecule has 0 aliphatic carbocycles. The number of methoxy groups -OCH3 is 1. The van der Waals surface area contributed by atoms with E-state index >= 15 is 0 Å². The Kier molecular flexibility index (Phi) is 6.59. The number of hydrazone groups is 1. The van der Waals surface area contributed by atoms with E-state index in [0.717, 1.165) is 26.8 Å². The molecule has 0 saturated carbocycles. The molecule has 0 spiro atoms. The summed E-state index contributed by atoms with van der Waals surface area (Å²) in [5.74, 6) is 0.720. The first kappa shape index (κ1) is 15.4. The molecule has 1 aromatic rings. The minimum absolute atomic E-state index is 0.488. The number of ether oxygens (including phenoxy) is 1. The number of rotatable bonds is 4. The van der Waals surface area contributed by atoms with Gasteiger partial charge < -0.3 is 10.1 Å². The van der Waals surface area contributed by atoms with E-state index in [-0.39, 0.29) is 0 Å². The van der Waals surface area contributed by atoms with E-state index in [1.54, 1.807) is 13.3 Å². The Labute approximate surface area is 128 Å². The first-order valence-corrected chi connectivity index (χ1v) is 7.17. The third-order valence-corrected chi connectivity index (χ3v) is 3.23. The van der Waals surface area contributed by atoms with Crippen LogP contribution in [0.15, 0.2) is 26.2 Å². The molecule has 0 bridgehead atoms. The molecule has 1 aromatic carbocycles. The Morgan fingerprint density at radius 3 is 2.83 bits per heavy atom. The van der Waals surface area contributed by atoms with E-state index < -0.39 is 0 Å².